The first-order valence-electron chi connectivity index (χ1n) is 10.3. The number of rotatable bonds is 8. The lowest BCUT2D eigenvalue weighted by atomic mass is 10.2. The standard InChI is InChI=1S/C24H22N4O3S2/c1-2-33(30,31)21-15-13-19(14-16-21)25-22(29)17-32-24-27-26-23(18-9-5-3-6-10-18)28(24)20-11-7-4-8-12-20/h3-16H,2,17H2,1H3,(H,25,29). The van der Waals surface area contributed by atoms with Crippen LogP contribution < -0.4 is 5.32 Å². The van der Waals surface area contributed by atoms with Gasteiger partial charge in [0.05, 0.1) is 16.4 Å². The number of nitrogens with one attached hydrogen (secondary N) is 1. The SMILES string of the molecule is CCS(=O)(=O)c1ccc(NC(=O)CSc2nnc(-c3ccccc3)n2-c2ccccc2)cc1. The van der Waals surface area contributed by atoms with E-state index >= 15 is 0 Å². The molecule has 33 heavy (non-hydrogen) atoms. The molecule has 1 aromatic heterocycles. The zero-order valence-corrected chi connectivity index (χ0v) is 19.5. The molecule has 0 aliphatic carbocycles. The molecule has 4 rings (SSSR count). The molecule has 3 aromatic carbocycles. The van der Waals surface area contributed by atoms with Gasteiger partial charge in [-0.3, -0.25) is 9.36 Å². The van der Waals surface area contributed by atoms with Crippen LogP contribution in [-0.4, -0.2) is 40.6 Å². The molecule has 168 valence electrons. The summed E-state index contributed by atoms with van der Waals surface area (Å²) in [6.45, 7) is 1.60. The van der Waals surface area contributed by atoms with Crippen LogP contribution in [0.15, 0.2) is 95.0 Å². The van der Waals surface area contributed by atoms with E-state index in [0.29, 0.717) is 16.7 Å². The lowest BCUT2D eigenvalue weighted by Gasteiger charge is -2.10. The smallest absolute Gasteiger partial charge is 0.234 e. The molecule has 1 heterocycles. The molecule has 0 radical (unpaired) electrons. The van der Waals surface area contributed by atoms with Gasteiger partial charge in [0.25, 0.3) is 0 Å². The highest BCUT2D eigenvalue weighted by atomic mass is 32.2. The Morgan fingerprint density at radius 2 is 1.55 bits per heavy atom. The number of benzene rings is 3. The quantitative estimate of drug-likeness (QED) is 0.376. The predicted octanol–water partition coefficient (Wildman–Crippen LogP) is 4.46. The second-order valence-electron chi connectivity index (χ2n) is 7.11. The van der Waals surface area contributed by atoms with E-state index in [1.165, 1.54) is 23.9 Å². The van der Waals surface area contributed by atoms with Crippen molar-refractivity contribution in [3.63, 3.8) is 0 Å². The zero-order chi connectivity index (χ0) is 23.3. The molecule has 0 aliphatic rings. The van der Waals surface area contributed by atoms with E-state index in [1.807, 2.05) is 65.2 Å². The molecule has 4 aromatic rings. The number of anilines is 1. The van der Waals surface area contributed by atoms with Crippen molar-refractivity contribution in [3.8, 4) is 17.1 Å². The second-order valence-corrected chi connectivity index (χ2v) is 10.3. The molecule has 0 saturated carbocycles. The summed E-state index contributed by atoms with van der Waals surface area (Å²) in [5.41, 5.74) is 2.36. The fraction of sp³-hybridized carbons (Fsp3) is 0.125. The number of aromatic nitrogens is 3. The van der Waals surface area contributed by atoms with Crippen LogP contribution in [-0.2, 0) is 14.6 Å². The number of nitrogens with zero attached hydrogens (tertiary/aromatic N) is 3. The molecule has 1 N–H and O–H groups in total. The van der Waals surface area contributed by atoms with Crippen molar-refractivity contribution in [3.05, 3.63) is 84.9 Å². The minimum atomic E-state index is -3.28. The third kappa shape index (κ3) is 5.32. The average Bonchev–Trinajstić information content (AvgIpc) is 3.28. The Balaban J connectivity index is 1.50. The second kappa shape index (κ2) is 10.0. The molecule has 1 amide bonds. The average molecular weight is 479 g/mol. The first-order chi connectivity index (χ1) is 16.0. The number of para-hydroxylation sites is 1. The Kier molecular flexibility index (Phi) is 6.90. The van der Waals surface area contributed by atoms with Crippen molar-refractivity contribution in [1.29, 1.82) is 0 Å². The summed E-state index contributed by atoms with van der Waals surface area (Å²) < 4.78 is 25.8. The molecule has 0 bridgehead atoms. The van der Waals surface area contributed by atoms with Gasteiger partial charge in [-0.1, -0.05) is 67.2 Å². The number of hydrogen-bond acceptors (Lipinski definition) is 6. The molecule has 7 nitrogen and oxygen atoms in total. The summed E-state index contributed by atoms with van der Waals surface area (Å²) in [6.07, 6.45) is 0. The Labute approximate surface area is 196 Å². The van der Waals surface area contributed by atoms with Crippen molar-refractivity contribution in [2.75, 3.05) is 16.8 Å². The summed E-state index contributed by atoms with van der Waals surface area (Å²) >= 11 is 1.28. The van der Waals surface area contributed by atoms with Crippen molar-refractivity contribution >= 4 is 33.2 Å². The maximum Gasteiger partial charge on any atom is 0.234 e. The van der Waals surface area contributed by atoms with Crippen LogP contribution >= 0.6 is 11.8 Å². The van der Waals surface area contributed by atoms with Gasteiger partial charge in [-0.15, -0.1) is 10.2 Å². The number of hydrogen-bond donors (Lipinski definition) is 1. The summed E-state index contributed by atoms with van der Waals surface area (Å²) in [7, 11) is -3.28. The van der Waals surface area contributed by atoms with Crippen LogP contribution in [0.5, 0.6) is 0 Å². The van der Waals surface area contributed by atoms with Crippen LogP contribution in [0.25, 0.3) is 17.1 Å². The maximum absolute atomic E-state index is 12.5. The highest BCUT2D eigenvalue weighted by Crippen LogP contribution is 2.28. The maximum atomic E-state index is 12.5. The molecule has 0 unspecified atom stereocenters. The normalized spacial score (nSPS) is 11.3. The lowest BCUT2D eigenvalue weighted by Crippen LogP contribution is -2.14. The summed E-state index contributed by atoms with van der Waals surface area (Å²) in [6, 6.07) is 25.7. The van der Waals surface area contributed by atoms with E-state index in [1.54, 1.807) is 19.1 Å². The van der Waals surface area contributed by atoms with Crippen molar-refractivity contribution in [1.82, 2.24) is 14.8 Å². The van der Waals surface area contributed by atoms with Crippen LogP contribution in [0.3, 0.4) is 0 Å². The number of amides is 1. The Hall–Kier alpha value is -3.43. The minimum absolute atomic E-state index is 0.0302. The van der Waals surface area contributed by atoms with Crippen LogP contribution in [0, 0.1) is 0 Å². The predicted molar refractivity (Wildman–Crippen MR) is 130 cm³/mol. The fourth-order valence-electron chi connectivity index (χ4n) is 3.19. The van der Waals surface area contributed by atoms with Crippen LogP contribution in [0.2, 0.25) is 0 Å². The molecule has 0 spiro atoms. The minimum Gasteiger partial charge on any atom is -0.325 e. The summed E-state index contributed by atoms with van der Waals surface area (Å²) in [5.74, 6) is 0.615. The van der Waals surface area contributed by atoms with Gasteiger partial charge >= 0.3 is 0 Å². The largest absolute Gasteiger partial charge is 0.325 e. The van der Waals surface area contributed by atoms with E-state index < -0.39 is 9.84 Å². The van der Waals surface area contributed by atoms with E-state index in [4.69, 9.17) is 0 Å². The number of sulfone groups is 1. The van der Waals surface area contributed by atoms with Crippen LogP contribution in [0.4, 0.5) is 5.69 Å². The number of thioether (sulfide) groups is 1. The van der Waals surface area contributed by atoms with Gasteiger partial charge in [-0.25, -0.2) is 8.42 Å². The molecule has 0 aliphatic heterocycles. The Morgan fingerprint density at radius 3 is 2.18 bits per heavy atom. The van der Waals surface area contributed by atoms with Gasteiger partial charge in [0.1, 0.15) is 0 Å². The zero-order valence-electron chi connectivity index (χ0n) is 17.9. The summed E-state index contributed by atoms with van der Waals surface area (Å²) in [4.78, 5) is 12.8. The van der Waals surface area contributed by atoms with E-state index in [2.05, 4.69) is 15.5 Å². The van der Waals surface area contributed by atoms with Crippen molar-refractivity contribution in [2.45, 2.75) is 17.0 Å². The molecule has 0 saturated heterocycles. The number of carbonyl (C=O) groups is 1. The van der Waals surface area contributed by atoms with Gasteiger partial charge in [0.15, 0.2) is 20.8 Å². The lowest BCUT2D eigenvalue weighted by molar-refractivity contribution is -0.113. The van der Waals surface area contributed by atoms with Gasteiger partial charge in [0, 0.05) is 16.9 Å². The first kappa shape index (κ1) is 22.8. The molecule has 0 fully saturated rings. The monoisotopic (exact) mass is 478 g/mol. The topological polar surface area (TPSA) is 93.9 Å². The molecular formula is C24H22N4O3S2. The van der Waals surface area contributed by atoms with Gasteiger partial charge in [0.2, 0.25) is 5.91 Å². The van der Waals surface area contributed by atoms with Crippen molar-refractivity contribution in [2.24, 2.45) is 0 Å². The Bertz CT molecular complexity index is 1340. The van der Waals surface area contributed by atoms with Gasteiger partial charge < -0.3 is 5.32 Å². The van der Waals surface area contributed by atoms with E-state index in [9.17, 15) is 13.2 Å². The van der Waals surface area contributed by atoms with Gasteiger partial charge in [-0.05, 0) is 36.4 Å². The third-order valence-electron chi connectivity index (χ3n) is 4.89. The first-order valence-corrected chi connectivity index (χ1v) is 12.9. The molecule has 0 atom stereocenters. The van der Waals surface area contributed by atoms with Crippen molar-refractivity contribution < 1.29 is 13.2 Å². The Morgan fingerprint density at radius 1 is 0.909 bits per heavy atom. The number of carbonyl (C=O) groups excluding carboxylic acids is 1. The van der Waals surface area contributed by atoms with Gasteiger partial charge in [-0.2, -0.15) is 0 Å². The summed E-state index contributed by atoms with van der Waals surface area (Å²) in [5, 5.41) is 12.1. The van der Waals surface area contributed by atoms with E-state index in [0.717, 1.165) is 11.3 Å². The molecular weight excluding hydrogens is 456 g/mol. The van der Waals surface area contributed by atoms with Crippen LogP contribution in [0.1, 0.15) is 6.92 Å². The molecule has 9 heteroatoms. The highest BCUT2D eigenvalue weighted by molar-refractivity contribution is 7.99. The third-order valence-corrected chi connectivity index (χ3v) is 7.57. The highest BCUT2D eigenvalue weighted by Gasteiger charge is 2.17. The van der Waals surface area contributed by atoms with E-state index in [-0.39, 0.29) is 22.3 Å². The fourth-order valence-corrected chi connectivity index (χ4v) is 4.82.